The maximum Gasteiger partial charge on any atom is 0.433 e. The molecule has 100 valence electrons. The van der Waals surface area contributed by atoms with Crippen molar-refractivity contribution in [1.29, 1.82) is 0 Å². The minimum Gasteiger partial charge on any atom is -0.404 e. The van der Waals surface area contributed by atoms with Crippen LogP contribution in [0.3, 0.4) is 0 Å². The normalized spacial score (nSPS) is 12.4. The number of aryl methyl sites for hydroxylation is 2. The predicted molar refractivity (Wildman–Crippen MR) is 74.0 cm³/mol. The van der Waals surface area contributed by atoms with Gasteiger partial charge < -0.3 is 4.42 Å². The third-order valence-electron chi connectivity index (χ3n) is 2.86. The molecule has 1 aromatic carbocycles. The number of nitrogens with zero attached hydrogens (tertiary/aromatic N) is 1. The lowest BCUT2D eigenvalue weighted by atomic mass is 10.0. The SMILES string of the molecule is Cc1cc(C(Cl)c2ccc([N+](=O)[O-])o2)c(C)cc1Cl. The first-order valence-electron chi connectivity index (χ1n) is 5.55. The lowest BCUT2D eigenvalue weighted by molar-refractivity contribution is -0.402. The predicted octanol–water partition coefficient (Wildman–Crippen LogP) is 4.79. The molecule has 0 amide bonds. The third kappa shape index (κ3) is 2.74. The van der Waals surface area contributed by atoms with Crippen LogP contribution in [0.1, 0.15) is 27.8 Å². The molecule has 1 unspecified atom stereocenters. The maximum atomic E-state index is 10.6. The smallest absolute Gasteiger partial charge is 0.404 e. The molecule has 4 nitrogen and oxygen atoms in total. The van der Waals surface area contributed by atoms with E-state index in [2.05, 4.69) is 0 Å². The Morgan fingerprint density at radius 2 is 1.95 bits per heavy atom. The standard InChI is InChI=1S/C13H11Cl2NO3/c1-7-6-10(14)8(2)5-9(7)13(15)11-3-4-12(19-11)16(17)18/h3-6,13H,1-2H3. The Hall–Kier alpha value is -1.52. The molecule has 2 rings (SSSR count). The molecule has 0 saturated carbocycles. The second kappa shape index (κ2) is 5.23. The largest absolute Gasteiger partial charge is 0.433 e. The lowest BCUT2D eigenvalue weighted by Gasteiger charge is -2.12. The summed E-state index contributed by atoms with van der Waals surface area (Å²) in [7, 11) is 0. The Bertz CT molecular complexity index is 637. The van der Waals surface area contributed by atoms with Crippen LogP contribution in [0.25, 0.3) is 0 Å². The van der Waals surface area contributed by atoms with E-state index in [0.29, 0.717) is 10.8 Å². The Morgan fingerprint density at radius 1 is 1.26 bits per heavy atom. The minimum absolute atomic E-state index is 0.316. The van der Waals surface area contributed by atoms with Gasteiger partial charge in [-0.1, -0.05) is 17.7 Å². The first-order chi connectivity index (χ1) is 8.90. The summed E-state index contributed by atoms with van der Waals surface area (Å²) in [5, 5.41) is 10.7. The van der Waals surface area contributed by atoms with Gasteiger partial charge in [-0.3, -0.25) is 10.1 Å². The van der Waals surface area contributed by atoms with E-state index in [0.717, 1.165) is 16.7 Å². The number of alkyl halides is 1. The zero-order chi connectivity index (χ0) is 14.2. The zero-order valence-corrected chi connectivity index (χ0v) is 11.8. The first-order valence-corrected chi connectivity index (χ1v) is 6.36. The van der Waals surface area contributed by atoms with Gasteiger partial charge in [0, 0.05) is 5.02 Å². The summed E-state index contributed by atoms with van der Waals surface area (Å²) in [6.45, 7) is 3.76. The Labute approximate surface area is 120 Å². The molecule has 6 heteroatoms. The minimum atomic E-state index is -0.590. The van der Waals surface area contributed by atoms with E-state index in [1.807, 2.05) is 26.0 Å². The molecule has 0 N–H and O–H groups in total. The molecule has 19 heavy (non-hydrogen) atoms. The van der Waals surface area contributed by atoms with Crippen LogP contribution in [0.15, 0.2) is 28.7 Å². The van der Waals surface area contributed by atoms with Crippen molar-refractivity contribution >= 4 is 29.1 Å². The number of halogens is 2. The van der Waals surface area contributed by atoms with E-state index in [4.69, 9.17) is 27.6 Å². The number of hydrogen-bond acceptors (Lipinski definition) is 3. The van der Waals surface area contributed by atoms with Crippen LogP contribution in [0.2, 0.25) is 5.02 Å². The second-order valence-electron chi connectivity index (χ2n) is 4.25. The molecule has 0 fully saturated rings. The molecule has 0 radical (unpaired) electrons. The molecule has 0 aliphatic carbocycles. The van der Waals surface area contributed by atoms with Gasteiger partial charge in [0.25, 0.3) is 0 Å². The van der Waals surface area contributed by atoms with Crippen LogP contribution in [0, 0.1) is 24.0 Å². The molecule has 0 aliphatic rings. The van der Waals surface area contributed by atoms with Gasteiger partial charge >= 0.3 is 5.88 Å². The van der Waals surface area contributed by atoms with Crippen molar-refractivity contribution < 1.29 is 9.34 Å². The van der Waals surface area contributed by atoms with Gasteiger partial charge in [-0.2, -0.15) is 0 Å². The molecule has 0 saturated heterocycles. The number of furan rings is 1. The summed E-state index contributed by atoms with van der Waals surface area (Å²) in [4.78, 5) is 10.0. The third-order valence-corrected chi connectivity index (χ3v) is 3.72. The van der Waals surface area contributed by atoms with Crippen LogP contribution in [0.5, 0.6) is 0 Å². The molecular formula is C13H11Cl2NO3. The van der Waals surface area contributed by atoms with Gasteiger partial charge in [-0.05, 0) is 42.7 Å². The number of hydrogen-bond donors (Lipinski definition) is 0. The van der Waals surface area contributed by atoms with E-state index >= 15 is 0 Å². The van der Waals surface area contributed by atoms with Crippen molar-refractivity contribution in [3.8, 4) is 0 Å². The fourth-order valence-electron chi connectivity index (χ4n) is 1.81. The number of benzene rings is 1. The summed E-state index contributed by atoms with van der Waals surface area (Å²) < 4.78 is 5.12. The lowest BCUT2D eigenvalue weighted by Crippen LogP contribution is -1.96. The van der Waals surface area contributed by atoms with Gasteiger partial charge in [-0.25, -0.2) is 0 Å². The molecule has 1 atom stereocenters. The fraction of sp³-hybridized carbons (Fsp3) is 0.231. The molecule has 1 aromatic heterocycles. The second-order valence-corrected chi connectivity index (χ2v) is 5.10. The zero-order valence-electron chi connectivity index (χ0n) is 10.3. The molecule has 1 heterocycles. The van der Waals surface area contributed by atoms with Crippen molar-refractivity contribution in [3.05, 3.63) is 61.9 Å². The average Bonchev–Trinajstić information content (AvgIpc) is 2.82. The van der Waals surface area contributed by atoms with E-state index in [-0.39, 0.29) is 5.88 Å². The Morgan fingerprint density at radius 3 is 2.53 bits per heavy atom. The van der Waals surface area contributed by atoms with E-state index in [9.17, 15) is 10.1 Å². The van der Waals surface area contributed by atoms with E-state index < -0.39 is 10.3 Å². The van der Waals surface area contributed by atoms with Gasteiger partial charge in [0.1, 0.15) is 16.1 Å². The topological polar surface area (TPSA) is 56.3 Å². The average molecular weight is 300 g/mol. The van der Waals surface area contributed by atoms with Gasteiger partial charge in [0.2, 0.25) is 0 Å². The summed E-state index contributed by atoms with van der Waals surface area (Å²) in [6.07, 6.45) is 0. The molecule has 0 bridgehead atoms. The number of nitro groups is 1. The highest BCUT2D eigenvalue weighted by Crippen LogP contribution is 2.35. The molecule has 0 spiro atoms. The van der Waals surface area contributed by atoms with Gasteiger partial charge in [0.05, 0.1) is 6.07 Å². The van der Waals surface area contributed by atoms with Crippen molar-refractivity contribution in [3.63, 3.8) is 0 Å². The van der Waals surface area contributed by atoms with E-state index in [1.54, 1.807) is 0 Å². The molecule has 2 aromatic rings. The number of rotatable bonds is 3. The highest BCUT2D eigenvalue weighted by Gasteiger charge is 2.21. The highest BCUT2D eigenvalue weighted by molar-refractivity contribution is 6.31. The van der Waals surface area contributed by atoms with Crippen LogP contribution in [-0.2, 0) is 0 Å². The van der Waals surface area contributed by atoms with Crippen molar-refractivity contribution in [2.45, 2.75) is 19.2 Å². The fourth-order valence-corrected chi connectivity index (χ4v) is 2.38. The highest BCUT2D eigenvalue weighted by atomic mass is 35.5. The molecule has 0 aliphatic heterocycles. The summed E-state index contributed by atoms with van der Waals surface area (Å²) in [5.74, 6) is 0.0298. The monoisotopic (exact) mass is 299 g/mol. The van der Waals surface area contributed by atoms with Crippen LogP contribution < -0.4 is 0 Å². The van der Waals surface area contributed by atoms with Crippen LogP contribution in [0.4, 0.5) is 5.88 Å². The first kappa shape index (κ1) is 13.9. The Balaban J connectivity index is 2.40. The van der Waals surface area contributed by atoms with Crippen molar-refractivity contribution in [2.75, 3.05) is 0 Å². The van der Waals surface area contributed by atoms with Crippen molar-refractivity contribution in [1.82, 2.24) is 0 Å². The quantitative estimate of drug-likeness (QED) is 0.465. The molecular weight excluding hydrogens is 289 g/mol. The summed E-state index contributed by atoms with van der Waals surface area (Å²) in [5.41, 5.74) is 2.64. The van der Waals surface area contributed by atoms with Gasteiger partial charge in [-0.15, -0.1) is 11.6 Å². The van der Waals surface area contributed by atoms with E-state index in [1.165, 1.54) is 12.1 Å². The summed E-state index contributed by atoms with van der Waals surface area (Å²) >= 11 is 12.3. The van der Waals surface area contributed by atoms with Crippen molar-refractivity contribution in [2.24, 2.45) is 0 Å². The Kier molecular flexibility index (Phi) is 3.83. The van der Waals surface area contributed by atoms with Crippen LogP contribution >= 0.6 is 23.2 Å². The maximum absolute atomic E-state index is 10.6. The van der Waals surface area contributed by atoms with Gasteiger partial charge in [0.15, 0.2) is 0 Å². The van der Waals surface area contributed by atoms with Crippen LogP contribution in [-0.4, -0.2) is 4.92 Å². The summed E-state index contributed by atoms with van der Waals surface area (Å²) in [6, 6.07) is 6.49.